The van der Waals surface area contributed by atoms with Crippen LogP contribution in [0.4, 0.5) is 34.5 Å². The Balaban J connectivity index is 0.000000126. The lowest BCUT2D eigenvalue weighted by molar-refractivity contribution is -0.149. The van der Waals surface area contributed by atoms with Crippen molar-refractivity contribution in [1.29, 1.82) is 0 Å². The van der Waals surface area contributed by atoms with E-state index in [9.17, 15) is 24.6 Å². The smallest absolute Gasteiger partial charge is 0.308 e. The van der Waals surface area contributed by atoms with Crippen LogP contribution >= 0.6 is 0 Å². The fourth-order valence-electron chi connectivity index (χ4n) is 14.8. The topological polar surface area (TPSA) is 320 Å². The van der Waals surface area contributed by atoms with E-state index in [2.05, 4.69) is 61.5 Å². The molecule has 15 rings (SSSR count). The molecule has 6 aliphatic carbocycles. The Morgan fingerprint density at radius 1 is 0.413 bits per heavy atom. The maximum absolute atomic E-state index is 12.0. The summed E-state index contributed by atoms with van der Waals surface area (Å²) >= 11 is 0. The fourth-order valence-corrected chi connectivity index (χ4v) is 14.8. The zero-order chi connectivity index (χ0) is 62.9. The van der Waals surface area contributed by atoms with Gasteiger partial charge in [0.2, 0.25) is 0 Å². The minimum absolute atomic E-state index is 0.0207. The van der Waals surface area contributed by atoms with Crippen LogP contribution in [-0.2, 0) is 19.1 Å². The Labute approximate surface area is 533 Å². The zero-order valence-electron chi connectivity index (χ0n) is 52.5. The molecule has 27 nitrogen and oxygen atoms in total. The van der Waals surface area contributed by atoms with Crippen LogP contribution in [0.5, 0.6) is 0 Å². The number of hydrogen-bond acceptors (Lipinski definition) is 19. The third kappa shape index (κ3) is 14.5. The van der Waals surface area contributed by atoms with Gasteiger partial charge in [-0.05, 0) is 122 Å². The van der Waals surface area contributed by atoms with E-state index in [0.717, 1.165) is 91.3 Å². The molecule has 9 heterocycles. The highest BCUT2D eigenvalue weighted by Crippen LogP contribution is 2.39. The minimum Gasteiger partial charge on any atom is -0.481 e. The Kier molecular flexibility index (Phi) is 19.3. The number of nitrogens with one attached hydrogen (secondary N) is 3. The van der Waals surface area contributed by atoms with Crippen LogP contribution in [0, 0.1) is 17.8 Å². The Morgan fingerprint density at radius 3 is 1.01 bits per heavy atom. The second kappa shape index (κ2) is 28.7. The highest BCUT2D eigenvalue weighted by molar-refractivity contribution is 5.73. The van der Waals surface area contributed by atoms with Crippen LogP contribution in [0.3, 0.4) is 0 Å². The molecule has 6 aliphatic rings. The summed E-state index contributed by atoms with van der Waals surface area (Å²) in [7, 11) is 0. The van der Waals surface area contributed by atoms with Gasteiger partial charge in [-0.2, -0.15) is 30.6 Å². The molecule has 0 amide bonds. The van der Waals surface area contributed by atoms with Gasteiger partial charge in [0.25, 0.3) is 0 Å². The molecule has 0 atom stereocenters. The second-order valence-corrected chi connectivity index (χ2v) is 26.1. The molecule has 0 aliphatic heterocycles. The van der Waals surface area contributed by atoms with Gasteiger partial charge in [0.05, 0.1) is 114 Å². The van der Waals surface area contributed by atoms with Gasteiger partial charge in [0, 0.05) is 36.3 Å². The maximum Gasteiger partial charge on any atom is 0.308 e. The van der Waals surface area contributed by atoms with Crippen molar-refractivity contribution in [1.82, 2.24) is 88.1 Å². The first-order valence-corrected chi connectivity index (χ1v) is 33.7. The highest BCUT2D eigenvalue weighted by Gasteiger charge is 2.32. The number of ether oxygens (including phenoxy) is 1. The maximum atomic E-state index is 12.0. The van der Waals surface area contributed by atoms with Gasteiger partial charge >= 0.3 is 17.9 Å². The number of rotatable bonds is 16. The predicted octanol–water partition coefficient (Wildman–Crippen LogP) is 12.3. The van der Waals surface area contributed by atoms with E-state index >= 15 is 0 Å². The van der Waals surface area contributed by atoms with E-state index in [4.69, 9.17) is 19.7 Å². The molecule has 0 radical (unpaired) electrons. The second-order valence-electron chi connectivity index (χ2n) is 26.1. The van der Waals surface area contributed by atoms with Crippen molar-refractivity contribution in [2.24, 2.45) is 17.8 Å². The normalized spacial score (nSPS) is 22.7. The van der Waals surface area contributed by atoms with Crippen molar-refractivity contribution >= 4 is 69.4 Å². The van der Waals surface area contributed by atoms with Crippen LogP contribution in [0.1, 0.15) is 233 Å². The number of aliphatic carboxylic acids is 2. The average Bonchev–Trinajstić information content (AvgIpc) is 2.29. The van der Waals surface area contributed by atoms with E-state index in [-0.39, 0.29) is 35.8 Å². The molecule has 6 saturated carbocycles. The Hall–Kier alpha value is -8.91. The molecular formula is C65H85N21O6. The molecule has 0 aromatic carbocycles. The summed E-state index contributed by atoms with van der Waals surface area (Å²) < 4.78 is 16.5. The van der Waals surface area contributed by atoms with Gasteiger partial charge in [-0.25, -0.2) is 43.5 Å². The number of aromatic nitrogens is 18. The third-order valence-electron chi connectivity index (χ3n) is 20.0. The first-order valence-electron chi connectivity index (χ1n) is 33.7. The molecule has 9 aromatic heterocycles. The van der Waals surface area contributed by atoms with E-state index in [0.29, 0.717) is 84.7 Å². The molecule has 0 spiro atoms. The van der Waals surface area contributed by atoms with E-state index in [1.165, 1.54) is 96.3 Å². The molecule has 92 heavy (non-hydrogen) atoms. The van der Waals surface area contributed by atoms with Crippen molar-refractivity contribution in [3.8, 4) is 0 Å². The monoisotopic (exact) mass is 1260 g/mol. The molecule has 486 valence electrons. The molecule has 6 fully saturated rings. The summed E-state index contributed by atoms with van der Waals surface area (Å²) in [5.74, 6) is 1.70. The standard InChI is InChI=1S/C23H31N7O2.2C21H27N7O2/c1-2-32-23(31)17-8-10-19(11-9-17)29-13-18(12-25-29)27-21-22-24-15-26-30(22)14-20(28-21)16-6-4-3-5-7-16;2*29-21(30)15-6-8-17(9-7-15)27-11-16(10-23-27)25-19-20-22-13-24-28(20)12-18(26-19)14-4-2-1-3-5-14/h12-17,19H,2-11H2,1H3,(H,27,28);2*10-15,17H,1-9H2,(H,25,26)(H,29,30). The summed E-state index contributed by atoms with van der Waals surface area (Å²) in [5, 5.41) is 55.2. The van der Waals surface area contributed by atoms with Crippen molar-refractivity contribution in [2.45, 2.75) is 216 Å². The van der Waals surface area contributed by atoms with Gasteiger partial charge in [-0.3, -0.25) is 28.4 Å². The molecule has 9 aromatic rings. The zero-order valence-corrected chi connectivity index (χ0v) is 52.5. The minimum atomic E-state index is -0.683. The van der Waals surface area contributed by atoms with Crippen LogP contribution in [0.15, 0.2) is 74.8 Å². The van der Waals surface area contributed by atoms with E-state index < -0.39 is 11.9 Å². The Bertz CT molecular complexity index is 3750. The van der Waals surface area contributed by atoms with Crippen LogP contribution in [0.25, 0.3) is 16.9 Å². The Morgan fingerprint density at radius 2 is 0.717 bits per heavy atom. The van der Waals surface area contributed by atoms with Gasteiger partial charge in [-0.1, -0.05) is 57.8 Å². The molecular weight excluding hydrogens is 1170 g/mol. The summed E-state index contributed by atoms with van der Waals surface area (Å²) in [6, 6.07) is 0.780. The van der Waals surface area contributed by atoms with E-state index in [1.54, 1.807) is 40.4 Å². The van der Waals surface area contributed by atoms with Gasteiger partial charge in [0.15, 0.2) is 34.4 Å². The highest BCUT2D eigenvalue weighted by atomic mass is 16.5. The van der Waals surface area contributed by atoms with Crippen molar-refractivity contribution < 1.29 is 29.3 Å². The van der Waals surface area contributed by atoms with Crippen LogP contribution in [-0.4, -0.2) is 123 Å². The molecule has 27 heteroatoms. The van der Waals surface area contributed by atoms with Crippen LogP contribution < -0.4 is 16.0 Å². The third-order valence-corrected chi connectivity index (χ3v) is 20.0. The van der Waals surface area contributed by atoms with Crippen molar-refractivity contribution in [2.75, 3.05) is 22.6 Å². The number of fused-ring (bicyclic) bond motifs is 3. The number of nitrogens with zero attached hydrogens (tertiary/aromatic N) is 18. The summed E-state index contributed by atoms with van der Waals surface area (Å²) in [6.45, 7) is 2.30. The lowest BCUT2D eigenvalue weighted by Gasteiger charge is -2.27. The SMILES string of the molecule is CCOC(=O)C1CCC(n2cc(Nc3nc(C4CCCCC4)cn4ncnc34)cn2)CC1.O=C(O)C1CCC(n2cc(Nc3nc(C4CCCCC4)cn4ncnc34)cn2)CC1.O=C(O)C1CCC(n2cc(Nc3nc(C4CCCCC4)cn4ncnc34)cn2)CC1. The number of carbonyl (C=O) groups excluding carboxylic acids is 1. The lowest BCUT2D eigenvalue weighted by Crippen LogP contribution is -2.25. The van der Waals surface area contributed by atoms with E-state index in [1.807, 2.05) is 68.9 Å². The van der Waals surface area contributed by atoms with Crippen LogP contribution in [0.2, 0.25) is 0 Å². The summed E-state index contributed by atoms with van der Waals surface area (Å²) in [4.78, 5) is 62.2. The van der Waals surface area contributed by atoms with Crippen molar-refractivity contribution in [3.05, 3.63) is 91.8 Å². The van der Waals surface area contributed by atoms with Crippen molar-refractivity contribution in [3.63, 3.8) is 0 Å². The largest absolute Gasteiger partial charge is 0.481 e. The quantitative estimate of drug-likeness (QED) is 0.0561. The lowest BCUT2D eigenvalue weighted by atomic mass is 9.86. The first-order chi connectivity index (χ1) is 45.0. The number of esters is 1. The molecule has 5 N–H and O–H groups in total. The van der Waals surface area contributed by atoms with Gasteiger partial charge < -0.3 is 30.9 Å². The fraction of sp³-hybridized carbons (Fsp3) is 0.585. The number of carboxylic acid groups (broad SMARTS) is 2. The van der Waals surface area contributed by atoms with Gasteiger partial charge in [-0.15, -0.1) is 0 Å². The molecule has 0 bridgehead atoms. The molecule has 0 unspecified atom stereocenters. The number of carbonyl (C=O) groups is 3. The average molecular weight is 1260 g/mol. The number of carboxylic acids is 2. The number of hydrogen-bond donors (Lipinski definition) is 5. The molecule has 0 saturated heterocycles. The summed E-state index contributed by atoms with van der Waals surface area (Å²) in [6.07, 6.45) is 50.3. The summed E-state index contributed by atoms with van der Waals surface area (Å²) in [5.41, 5.74) is 7.91. The van der Waals surface area contributed by atoms with Gasteiger partial charge in [0.1, 0.15) is 19.0 Å². The number of anilines is 6. The predicted molar refractivity (Wildman–Crippen MR) is 341 cm³/mol. The first kappa shape index (κ1) is 61.9.